The molecule has 0 radical (unpaired) electrons. The summed E-state index contributed by atoms with van der Waals surface area (Å²) in [5, 5.41) is 0. The third-order valence-corrected chi connectivity index (χ3v) is 5.23. The number of hydrogen-bond donors (Lipinski definition) is 1. The zero-order chi connectivity index (χ0) is 14.9. The lowest BCUT2D eigenvalue weighted by Crippen LogP contribution is -2.53. The molecule has 1 fully saturated rings. The highest BCUT2D eigenvalue weighted by Gasteiger charge is 2.29. The molecular weight excluding hydrogens is 274 g/mol. The molecule has 1 aromatic carbocycles. The normalized spacial score (nSPS) is 22.1. The molecule has 0 aromatic heterocycles. The van der Waals surface area contributed by atoms with E-state index in [1.165, 1.54) is 17.4 Å². The van der Waals surface area contributed by atoms with Gasteiger partial charge in [0.15, 0.2) is 0 Å². The standard InChI is InChI=1S/C14H23N3O2S/c1-11-8-14(15)5-4-13(11)10-16-6-7-17(12(2)9-16)20(3,18)19/h4-5,8,12H,6-7,9-10,15H2,1-3H3/t12-/m1/s1. The monoisotopic (exact) mass is 297 g/mol. The highest BCUT2D eigenvalue weighted by Crippen LogP contribution is 2.18. The maximum atomic E-state index is 11.6. The molecule has 0 bridgehead atoms. The smallest absolute Gasteiger partial charge is 0.211 e. The Hall–Kier alpha value is -1.11. The van der Waals surface area contributed by atoms with Gasteiger partial charge in [-0.25, -0.2) is 8.42 Å². The van der Waals surface area contributed by atoms with E-state index >= 15 is 0 Å². The third-order valence-electron chi connectivity index (χ3n) is 3.84. The molecule has 0 amide bonds. The largest absolute Gasteiger partial charge is 0.399 e. The van der Waals surface area contributed by atoms with Gasteiger partial charge in [-0.15, -0.1) is 0 Å². The summed E-state index contributed by atoms with van der Waals surface area (Å²) in [6.45, 7) is 6.95. The van der Waals surface area contributed by atoms with Gasteiger partial charge in [0, 0.05) is 37.9 Å². The fourth-order valence-electron chi connectivity index (χ4n) is 2.79. The van der Waals surface area contributed by atoms with Crippen molar-refractivity contribution in [2.75, 3.05) is 31.6 Å². The van der Waals surface area contributed by atoms with Crippen LogP contribution in [0, 0.1) is 6.92 Å². The number of nitrogens with two attached hydrogens (primary N) is 1. The Balaban J connectivity index is 2.03. The summed E-state index contributed by atoms with van der Waals surface area (Å²) in [6, 6.07) is 5.97. The minimum absolute atomic E-state index is 0.0211. The summed E-state index contributed by atoms with van der Waals surface area (Å²) < 4.78 is 24.9. The van der Waals surface area contributed by atoms with Gasteiger partial charge in [0.25, 0.3) is 0 Å². The number of nitrogen functional groups attached to an aromatic ring is 1. The van der Waals surface area contributed by atoms with Crippen LogP contribution < -0.4 is 5.73 Å². The number of hydrogen-bond acceptors (Lipinski definition) is 4. The fraction of sp³-hybridized carbons (Fsp3) is 0.571. The van der Waals surface area contributed by atoms with Gasteiger partial charge >= 0.3 is 0 Å². The minimum atomic E-state index is -3.09. The summed E-state index contributed by atoms with van der Waals surface area (Å²) in [7, 11) is -3.09. The number of aryl methyl sites for hydroxylation is 1. The minimum Gasteiger partial charge on any atom is -0.399 e. The van der Waals surface area contributed by atoms with Crippen molar-refractivity contribution in [3.8, 4) is 0 Å². The van der Waals surface area contributed by atoms with Gasteiger partial charge in [0.1, 0.15) is 0 Å². The number of piperazine rings is 1. The molecule has 0 spiro atoms. The van der Waals surface area contributed by atoms with E-state index in [9.17, 15) is 8.42 Å². The average molecular weight is 297 g/mol. The second kappa shape index (κ2) is 5.71. The van der Waals surface area contributed by atoms with Gasteiger partial charge in [0.2, 0.25) is 10.0 Å². The van der Waals surface area contributed by atoms with Gasteiger partial charge < -0.3 is 5.73 Å². The fourth-order valence-corrected chi connectivity index (χ4v) is 3.92. The SMILES string of the molecule is Cc1cc(N)ccc1CN1CCN(S(C)(=O)=O)[C@H](C)C1. The summed E-state index contributed by atoms with van der Waals surface area (Å²) >= 11 is 0. The number of rotatable bonds is 3. The van der Waals surface area contributed by atoms with Crippen molar-refractivity contribution in [1.29, 1.82) is 0 Å². The van der Waals surface area contributed by atoms with Crippen molar-refractivity contribution in [3.05, 3.63) is 29.3 Å². The first-order valence-corrected chi connectivity index (χ1v) is 8.66. The molecule has 1 aliphatic rings. The highest BCUT2D eigenvalue weighted by molar-refractivity contribution is 7.88. The van der Waals surface area contributed by atoms with Crippen LogP contribution in [0.4, 0.5) is 5.69 Å². The maximum absolute atomic E-state index is 11.6. The van der Waals surface area contributed by atoms with Crippen LogP contribution in [0.1, 0.15) is 18.1 Å². The predicted molar refractivity (Wildman–Crippen MR) is 81.9 cm³/mol. The van der Waals surface area contributed by atoms with Crippen molar-refractivity contribution in [3.63, 3.8) is 0 Å². The second-order valence-corrected chi connectivity index (χ2v) is 7.58. The topological polar surface area (TPSA) is 66.6 Å². The van der Waals surface area contributed by atoms with E-state index in [0.717, 1.165) is 25.3 Å². The lowest BCUT2D eigenvalue weighted by molar-refractivity contribution is 0.138. The van der Waals surface area contributed by atoms with Crippen LogP contribution >= 0.6 is 0 Å². The first kappa shape index (κ1) is 15.3. The molecule has 5 nitrogen and oxygen atoms in total. The Kier molecular flexibility index (Phi) is 4.36. The van der Waals surface area contributed by atoms with Gasteiger partial charge in [-0.05, 0) is 37.1 Å². The van der Waals surface area contributed by atoms with Crippen LogP contribution in [0.3, 0.4) is 0 Å². The molecule has 20 heavy (non-hydrogen) atoms. The average Bonchev–Trinajstić information content (AvgIpc) is 2.31. The molecule has 1 heterocycles. The Morgan fingerprint density at radius 1 is 1.35 bits per heavy atom. The van der Waals surface area contributed by atoms with Crippen molar-refractivity contribution in [2.24, 2.45) is 0 Å². The molecule has 6 heteroatoms. The number of benzene rings is 1. The van der Waals surface area contributed by atoms with Gasteiger partial charge in [-0.3, -0.25) is 4.90 Å². The van der Waals surface area contributed by atoms with E-state index in [0.29, 0.717) is 6.54 Å². The van der Waals surface area contributed by atoms with Crippen molar-refractivity contribution >= 4 is 15.7 Å². The van der Waals surface area contributed by atoms with E-state index in [1.807, 2.05) is 19.1 Å². The van der Waals surface area contributed by atoms with Crippen LogP contribution in [0.5, 0.6) is 0 Å². The molecule has 2 rings (SSSR count). The predicted octanol–water partition coefficient (Wildman–Crippen LogP) is 1.04. The molecule has 1 aromatic rings. The van der Waals surface area contributed by atoms with E-state index in [-0.39, 0.29) is 6.04 Å². The summed E-state index contributed by atoms with van der Waals surface area (Å²) in [5.41, 5.74) is 8.97. The first-order chi connectivity index (χ1) is 9.27. The molecule has 0 aliphatic carbocycles. The Labute approximate surface area is 121 Å². The van der Waals surface area contributed by atoms with E-state index in [1.54, 1.807) is 4.31 Å². The molecule has 1 aliphatic heterocycles. The van der Waals surface area contributed by atoms with E-state index in [2.05, 4.69) is 17.9 Å². The summed E-state index contributed by atoms with van der Waals surface area (Å²) in [5.74, 6) is 0. The third kappa shape index (κ3) is 3.50. The molecule has 1 atom stereocenters. The van der Waals surface area contributed by atoms with Crippen molar-refractivity contribution in [1.82, 2.24) is 9.21 Å². The van der Waals surface area contributed by atoms with Crippen LogP contribution in [-0.2, 0) is 16.6 Å². The van der Waals surface area contributed by atoms with Gasteiger partial charge in [-0.1, -0.05) is 6.07 Å². The van der Waals surface area contributed by atoms with Crippen LogP contribution in [0.25, 0.3) is 0 Å². The van der Waals surface area contributed by atoms with Crippen LogP contribution in [0.15, 0.2) is 18.2 Å². The lowest BCUT2D eigenvalue weighted by Gasteiger charge is -2.38. The van der Waals surface area contributed by atoms with Crippen molar-refractivity contribution < 1.29 is 8.42 Å². The van der Waals surface area contributed by atoms with E-state index in [4.69, 9.17) is 5.73 Å². The zero-order valence-corrected chi connectivity index (χ0v) is 13.2. The second-order valence-electron chi connectivity index (χ2n) is 5.64. The number of sulfonamides is 1. The molecule has 0 saturated carbocycles. The van der Waals surface area contributed by atoms with Crippen LogP contribution in [0.2, 0.25) is 0 Å². The highest BCUT2D eigenvalue weighted by atomic mass is 32.2. The van der Waals surface area contributed by atoms with Gasteiger partial charge in [0.05, 0.1) is 6.26 Å². The molecule has 2 N–H and O–H groups in total. The number of nitrogens with zero attached hydrogens (tertiary/aromatic N) is 2. The Morgan fingerprint density at radius 2 is 2.05 bits per heavy atom. The van der Waals surface area contributed by atoms with Crippen LogP contribution in [-0.4, -0.2) is 49.6 Å². The molecule has 112 valence electrons. The Morgan fingerprint density at radius 3 is 2.60 bits per heavy atom. The lowest BCUT2D eigenvalue weighted by atomic mass is 10.1. The van der Waals surface area contributed by atoms with Gasteiger partial charge in [-0.2, -0.15) is 4.31 Å². The molecule has 1 saturated heterocycles. The summed E-state index contributed by atoms with van der Waals surface area (Å²) in [6.07, 6.45) is 1.28. The zero-order valence-electron chi connectivity index (χ0n) is 12.3. The molecule has 0 unspecified atom stereocenters. The maximum Gasteiger partial charge on any atom is 0.211 e. The quantitative estimate of drug-likeness (QED) is 0.847. The summed E-state index contributed by atoms with van der Waals surface area (Å²) in [4.78, 5) is 2.30. The first-order valence-electron chi connectivity index (χ1n) is 6.81. The van der Waals surface area contributed by atoms with Crippen molar-refractivity contribution in [2.45, 2.75) is 26.4 Å². The van der Waals surface area contributed by atoms with E-state index < -0.39 is 10.0 Å². The molecular formula is C14H23N3O2S. The Bertz CT molecular complexity index is 586. The number of anilines is 1.